The number of hydrogen-bond donors (Lipinski definition) is 2. The van der Waals surface area contributed by atoms with E-state index >= 15 is 0 Å². The van der Waals surface area contributed by atoms with Crippen LogP contribution in [-0.4, -0.2) is 44.8 Å². The van der Waals surface area contributed by atoms with Gasteiger partial charge < -0.3 is 24.6 Å². The SMILES string of the molecule is O=C(NCc1c(F)cc(F)cc1F)c1cn2c(c(O)c1=O)C(=O)N1C(C2)O[C@@H]2C[C@H]1[C@@H]1C[C@@H]12. The number of halogens is 3. The Bertz CT molecular complexity index is 1270. The third-order valence-electron chi connectivity index (χ3n) is 7.16. The largest absolute Gasteiger partial charge is 0.503 e. The monoisotopic (exact) mass is 461 g/mol. The minimum atomic E-state index is -1.19. The first-order valence-electron chi connectivity index (χ1n) is 10.6. The van der Waals surface area contributed by atoms with Gasteiger partial charge in [0.2, 0.25) is 5.43 Å². The fraction of sp³-hybridized carbons (Fsp3) is 0.409. The summed E-state index contributed by atoms with van der Waals surface area (Å²) in [5, 5.41) is 12.7. The van der Waals surface area contributed by atoms with Crippen LogP contribution < -0.4 is 10.7 Å². The fourth-order valence-corrected chi connectivity index (χ4v) is 5.54. The first kappa shape index (κ1) is 20.3. The van der Waals surface area contributed by atoms with Crippen LogP contribution in [0.15, 0.2) is 23.1 Å². The molecule has 6 rings (SSSR count). The van der Waals surface area contributed by atoms with Crippen LogP contribution in [0.1, 0.15) is 39.3 Å². The van der Waals surface area contributed by atoms with Crippen LogP contribution >= 0.6 is 0 Å². The number of rotatable bonds is 3. The standard InChI is InChI=1S/C22H18F3N3O5/c23-8-1-13(24)11(14(25)2-8)5-26-21(31)12-6-27-7-17-28(22(32)18(27)20(30)19(12)29)15-4-16(33-17)10-3-9(10)15/h1-2,6,9-10,15-17,30H,3-5,7H2,(H,26,31)/t9-,10+,15+,16-,17?/m1/s1. The molecule has 1 unspecified atom stereocenters. The molecule has 8 nitrogen and oxygen atoms in total. The van der Waals surface area contributed by atoms with E-state index in [4.69, 9.17) is 4.74 Å². The lowest BCUT2D eigenvalue weighted by atomic mass is 10.0. The van der Waals surface area contributed by atoms with E-state index in [1.54, 1.807) is 4.90 Å². The average Bonchev–Trinajstić information content (AvgIpc) is 3.50. The van der Waals surface area contributed by atoms with Gasteiger partial charge in [0, 0.05) is 36.5 Å². The van der Waals surface area contributed by atoms with Gasteiger partial charge in [-0.15, -0.1) is 0 Å². The van der Waals surface area contributed by atoms with Crippen LogP contribution in [0.25, 0.3) is 0 Å². The summed E-state index contributed by atoms with van der Waals surface area (Å²) in [4.78, 5) is 40.1. The zero-order valence-corrected chi connectivity index (χ0v) is 17.1. The van der Waals surface area contributed by atoms with Crippen molar-refractivity contribution in [3.05, 3.63) is 62.8 Å². The lowest BCUT2D eigenvalue weighted by Crippen LogP contribution is -2.58. The predicted molar refractivity (Wildman–Crippen MR) is 105 cm³/mol. The highest BCUT2D eigenvalue weighted by atomic mass is 19.1. The molecule has 0 radical (unpaired) electrons. The van der Waals surface area contributed by atoms with E-state index in [-0.39, 0.29) is 24.4 Å². The van der Waals surface area contributed by atoms with E-state index in [0.717, 1.165) is 19.0 Å². The Morgan fingerprint density at radius 3 is 2.61 bits per heavy atom. The van der Waals surface area contributed by atoms with Crippen molar-refractivity contribution < 1.29 is 32.6 Å². The van der Waals surface area contributed by atoms with Gasteiger partial charge in [0.15, 0.2) is 17.7 Å². The van der Waals surface area contributed by atoms with Crippen LogP contribution in [0.4, 0.5) is 13.2 Å². The Morgan fingerprint density at radius 2 is 1.88 bits per heavy atom. The van der Waals surface area contributed by atoms with Gasteiger partial charge in [-0.2, -0.15) is 0 Å². The quantitative estimate of drug-likeness (QED) is 0.722. The van der Waals surface area contributed by atoms with Gasteiger partial charge in [0.05, 0.1) is 12.6 Å². The Morgan fingerprint density at radius 1 is 1.15 bits per heavy atom. The summed E-state index contributed by atoms with van der Waals surface area (Å²) < 4.78 is 48.1. The number of carbonyl (C=O) groups is 2. The highest BCUT2D eigenvalue weighted by Gasteiger charge is 2.63. The van der Waals surface area contributed by atoms with Crippen molar-refractivity contribution in [2.24, 2.45) is 11.8 Å². The normalized spacial score (nSPS) is 28.8. The Hall–Kier alpha value is -3.34. The van der Waals surface area contributed by atoms with Gasteiger partial charge in [-0.1, -0.05) is 0 Å². The maximum Gasteiger partial charge on any atom is 0.276 e. The summed E-state index contributed by atoms with van der Waals surface area (Å²) in [7, 11) is 0. The molecular formula is C22H18F3N3O5. The molecule has 2 amide bonds. The minimum Gasteiger partial charge on any atom is -0.503 e. The number of nitrogens with zero attached hydrogens (tertiary/aromatic N) is 2. The van der Waals surface area contributed by atoms with Crippen LogP contribution in [0.3, 0.4) is 0 Å². The fourth-order valence-electron chi connectivity index (χ4n) is 5.54. The highest BCUT2D eigenvalue weighted by Crippen LogP contribution is 2.58. The second-order valence-electron chi connectivity index (χ2n) is 8.96. The number of nitrogens with one attached hydrogen (secondary N) is 1. The molecule has 2 aliphatic carbocycles. The number of carbonyl (C=O) groups excluding carboxylic acids is 2. The zero-order valence-electron chi connectivity index (χ0n) is 17.1. The van der Waals surface area contributed by atoms with Crippen molar-refractivity contribution >= 4 is 11.8 Å². The van der Waals surface area contributed by atoms with E-state index in [1.165, 1.54) is 4.57 Å². The first-order valence-corrected chi connectivity index (χ1v) is 10.6. The van der Waals surface area contributed by atoms with E-state index in [9.17, 15) is 32.7 Å². The molecule has 1 aromatic carbocycles. The maximum atomic E-state index is 13.8. The average molecular weight is 461 g/mol. The summed E-state index contributed by atoms with van der Waals surface area (Å²) >= 11 is 0. The number of ether oxygens (including phenoxy) is 1. The van der Waals surface area contributed by atoms with Crippen LogP contribution in [0, 0.1) is 29.3 Å². The molecule has 2 aromatic rings. The number of fused-ring (bicyclic) bond motifs is 8. The van der Waals surface area contributed by atoms with Crippen molar-refractivity contribution in [1.82, 2.24) is 14.8 Å². The van der Waals surface area contributed by atoms with Gasteiger partial charge in [-0.05, 0) is 24.7 Å². The molecule has 2 saturated carbocycles. The zero-order chi connectivity index (χ0) is 23.2. The second kappa shape index (κ2) is 6.83. The summed E-state index contributed by atoms with van der Waals surface area (Å²) in [5.74, 6) is -5.07. The number of aromatic hydroxyl groups is 1. The molecule has 3 fully saturated rings. The minimum absolute atomic E-state index is 0.0120. The summed E-state index contributed by atoms with van der Waals surface area (Å²) in [6.45, 7) is -0.522. The van der Waals surface area contributed by atoms with Gasteiger partial charge in [0.1, 0.15) is 23.0 Å². The van der Waals surface area contributed by atoms with Crippen molar-refractivity contribution in [3.8, 4) is 5.75 Å². The lowest BCUT2D eigenvalue weighted by Gasteiger charge is -2.45. The highest BCUT2D eigenvalue weighted by molar-refractivity contribution is 5.99. The van der Waals surface area contributed by atoms with Crippen LogP contribution in [0.2, 0.25) is 0 Å². The van der Waals surface area contributed by atoms with Crippen molar-refractivity contribution in [2.75, 3.05) is 0 Å². The molecule has 2 N–H and O–H groups in total. The predicted octanol–water partition coefficient (Wildman–Crippen LogP) is 1.49. The van der Waals surface area contributed by atoms with Gasteiger partial charge in [0.25, 0.3) is 11.8 Å². The van der Waals surface area contributed by atoms with Gasteiger partial charge in [-0.3, -0.25) is 14.4 Å². The summed E-state index contributed by atoms with van der Waals surface area (Å²) in [6.07, 6.45) is 2.38. The Kier molecular flexibility index (Phi) is 4.20. The number of pyridine rings is 1. The molecule has 33 heavy (non-hydrogen) atoms. The third-order valence-corrected chi connectivity index (χ3v) is 7.16. The molecule has 4 aliphatic rings. The number of aromatic nitrogens is 1. The lowest BCUT2D eigenvalue weighted by molar-refractivity contribution is -0.144. The number of amides is 2. The van der Waals surface area contributed by atoms with Crippen molar-refractivity contribution in [2.45, 2.75) is 44.3 Å². The number of hydrogen-bond acceptors (Lipinski definition) is 5. The topological polar surface area (TPSA) is 101 Å². The van der Waals surface area contributed by atoms with Crippen molar-refractivity contribution in [1.29, 1.82) is 0 Å². The van der Waals surface area contributed by atoms with Gasteiger partial charge in [-0.25, -0.2) is 13.2 Å². The first-order chi connectivity index (χ1) is 15.7. The molecule has 172 valence electrons. The maximum absolute atomic E-state index is 13.8. The Labute approximate surface area is 184 Å². The summed E-state index contributed by atoms with van der Waals surface area (Å²) in [6, 6.07) is 0.962. The molecule has 2 aliphatic heterocycles. The van der Waals surface area contributed by atoms with Gasteiger partial charge >= 0.3 is 0 Å². The summed E-state index contributed by atoms with van der Waals surface area (Å²) in [5.41, 5.74) is -2.36. The van der Waals surface area contributed by atoms with Crippen molar-refractivity contribution in [3.63, 3.8) is 0 Å². The molecule has 5 atom stereocenters. The van der Waals surface area contributed by atoms with Crippen LogP contribution in [-0.2, 0) is 17.8 Å². The van der Waals surface area contributed by atoms with Crippen LogP contribution in [0.5, 0.6) is 5.75 Å². The van der Waals surface area contributed by atoms with E-state index in [0.29, 0.717) is 24.0 Å². The molecule has 11 heteroatoms. The molecule has 1 aromatic heterocycles. The molecule has 3 heterocycles. The van der Waals surface area contributed by atoms with E-state index in [1.807, 2.05) is 0 Å². The second-order valence-corrected chi connectivity index (χ2v) is 8.96. The van der Waals surface area contributed by atoms with E-state index < -0.39 is 64.3 Å². The third kappa shape index (κ3) is 2.91. The number of benzene rings is 1. The molecule has 1 saturated heterocycles. The molecular weight excluding hydrogens is 443 g/mol. The molecule has 2 bridgehead atoms. The van der Waals surface area contributed by atoms with E-state index in [2.05, 4.69) is 5.32 Å². The Balaban J connectivity index is 1.30. The smallest absolute Gasteiger partial charge is 0.276 e. The molecule has 0 spiro atoms.